The van der Waals surface area contributed by atoms with Gasteiger partial charge in [0.1, 0.15) is 6.04 Å². The fraction of sp³-hybridized carbons (Fsp3) is 0.263. The van der Waals surface area contributed by atoms with Crippen LogP contribution in [0.25, 0.3) is 0 Å². The van der Waals surface area contributed by atoms with Crippen LogP contribution in [0.3, 0.4) is 0 Å². The molecular formula is C19H21BrN4O2. The van der Waals surface area contributed by atoms with Crippen LogP contribution in [0, 0.1) is 0 Å². The van der Waals surface area contributed by atoms with E-state index >= 15 is 0 Å². The van der Waals surface area contributed by atoms with Crippen LogP contribution in [0.5, 0.6) is 0 Å². The van der Waals surface area contributed by atoms with Crippen molar-refractivity contribution in [3.63, 3.8) is 0 Å². The first-order valence-corrected chi connectivity index (χ1v) is 9.29. The van der Waals surface area contributed by atoms with Gasteiger partial charge in [-0.25, -0.2) is 4.79 Å². The molecule has 0 spiro atoms. The number of anilines is 3. The Morgan fingerprint density at radius 1 is 1.00 bits per heavy atom. The van der Waals surface area contributed by atoms with E-state index in [1.54, 1.807) is 19.1 Å². The van der Waals surface area contributed by atoms with Gasteiger partial charge in [0, 0.05) is 27.6 Å². The number of hydrogen-bond acceptors (Lipinski definition) is 3. The van der Waals surface area contributed by atoms with Crippen molar-refractivity contribution in [2.75, 3.05) is 16.0 Å². The summed E-state index contributed by atoms with van der Waals surface area (Å²) in [6.45, 7) is 1.79. The van der Waals surface area contributed by atoms with Crippen molar-refractivity contribution >= 4 is 44.9 Å². The topological polar surface area (TPSA) is 82.3 Å². The van der Waals surface area contributed by atoms with Crippen molar-refractivity contribution in [2.24, 2.45) is 0 Å². The standard InChI is InChI=1S/C19H21BrN4O2/c1-12(18(25)22-17-4-2-3-13(20)11-17)21-14-5-7-15(8-6-14)23-19(26)24-16-9-10-16/h2-8,11-12,16,21H,9-10H2,1H3,(H,22,25)(H2,23,24,26). The Hall–Kier alpha value is -2.54. The van der Waals surface area contributed by atoms with Crippen LogP contribution < -0.4 is 21.3 Å². The van der Waals surface area contributed by atoms with Crippen molar-refractivity contribution in [2.45, 2.75) is 31.8 Å². The molecule has 2 aromatic carbocycles. The van der Waals surface area contributed by atoms with E-state index in [9.17, 15) is 9.59 Å². The van der Waals surface area contributed by atoms with E-state index < -0.39 is 6.04 Å². The fourth-order valence-corrected chi connectivity index (χ4v) is 2.76. The van der Waals surface area contributed by atoms with Crippen LogP contribution in [0.2, 0.25) is 0 Å². The summed E-state index contributed by atoms with van der Waals surface area (Å²) < 4.78 is 0.907. The van der Waals surface area contributed by atoms with Gasteiger partial charge in [-0.3, -0.25) is 4.79 Å². The summed E-state index contributed by atoms with van der Waals surface area (Å²) in [5, 5.41) is 11.7. The Labute approximate surface area is 160 Å². The lowest BCUT2D eigenvalue weighted by molar-refractivity contribution is -0.116. The zero-order chi connectivity index (χ0) is 18.5. The Kier molecular flexibility index (Phi) is 5.78. The predicted molar refractivity (Wildman–Crippen MR) is 107 cm³/mol. The van der Waals surface area contributed by atoms with E-state index in [1.165, 1.54) is 0 Å². The molecule has 6 nitrogen and oxygen atoms in total. The number of carbonyl (C=O) groups is 2. The number of amides is 3. The summed E-state index contributed by atoms with van der Waals surface area (Å²) in [7, 11) is 0. The van der Waals surface area contributed by atoms with Crippen LogP contribution in [-0.2, 0) is 4.79 Å². The molecule has 1 atom stereocenters. The average molecular weight is 417 g/mol. The van der Waals surface area contributed by atoms with Gasteiger partial charge >= 0.3 is 6.03 Å². The highest BCUT2D eigenvalue weighted by Crippen LogP contribution is 2.20. The normalized spacial score (nSPS) is 14.2. The summed E-state index contributed by atoms with van der Waals surface area (Å²) in [6.07, 6.45) is 2.10. The first-order chi connectivity index (χ1) is 12.5. The molecule has 4 N–H and O–H groups in total. The third-order valence-corrected chi connectivity index (χ3v) is 4.42. The summed E-state index contributed by atoms with van der Waals surface area (Å²) in [5.74, 6) is -0.130. The SMILES string of the molecule is CC(Nc1ccc(NC(=O)NC2CC2)cc1)C(=O)Nc1cccc(Br)c1. The number of hydrogen-bond donors (Lipinski definition) is 4. The molecule has 1 fully saturated rings. The van der Waals surface area contributed by atoms with Gasteiger partial charge in [0.05, 0.1) is 0 Å². The Balaban J connectivity index is 1.50. The minimum atomic E-state index is -0.411. The summed E-state index contributed by atoms with van der Waals surface area (Å²) in [6, 6.07) is 14.4. The molecule has 0 aliphatic heterocycles. The predicted octanol–water partition coefficient (Wildman–Crippen LogP) is 4.17. The molecule has 3 rings (SSSR count). The van der Waals surface area contributed by atoms with E-state index in [2.05, 4.69) is 37.2 Å². The number of urea groups is 1. The molecule has 2 aromatic rings. The smallest absolute Gasteiger partial charge is 0.319 e. The molecule has 0 heterocycles. The van der Waals surface area contributed by atoms with E-state index in [-0.39, 0.29) is 11.9 Å². The zero-order valence-electron chi connectivity index (χ0n) is 14.4. The van der Waals surface area contributed by atoms with Gasteiger partial charge in [0.25, 0.3) is 0 Å². The van der Waals surface area contributed by atoms with Gasteiger partial charge in [-0.2, -0.15) is 0 Å². The van der Waals surface area contributed by atoms with Gasteiger partial charge in [0.2, 0.25) is 5.91 Å². The molecule has 3 amide bonds. The Bertz CT molecular complexity index is 790. The lowest BCUT2D eigenvalue weighted by atomic mass is 10.2. The monoisotopic (exact) mass is 416 g/mol. The molecule has 1 aliphatic carbocycles. The van der Waals surface area contributed by atoms with Crippen LogP contribution in [-0.4, -0.2) is 24.0 Å². The second kappa shape index (κ2) is 8.23. The summed E-state index contributed by atoms with van der Waals surface area (Å²) in [5.41, 5.74) is 2.24. The van der Waals surface area contributed by atoms with Crippen molar-refractivity contribution in [3.8, 4) is 0 Å². The van der Waals surface area contributed by atoms with Gasteiger partial charge in [-0.1, -0.05) is 22.0 Å². The Morgan fingerprint density at radius 3 is 2.35 bits per heavy atom. The van der Waals surface area contributed by atoms with E-state index in [0.717, 1.165) is 28.7 Å². The second-order valence-electron chi connectivity index (χ2n) is 6.32. The number of nitrogens with one attached hydrogen (secondary N) is 4. The molecule has 0 aromatic heterocycles. The molecule has 0 saturated heterocycles. The molecule has 0 radical (unpaired) electrons. The zero-order valence-corrected chi connectivity index (χ0v) is 16.0. The van der Waals surface area contributed by atoms with Gasteiger partial charge in [-0.15, -0.1) is 0 Å². The lowest BCUT2D eigenvalue weighted by Crippen LogP contribution is -2.32. The van der Waals surface area contributed by atoms with E-state index in [1.807, 2.05) is 36.4 Å². The lowest BCUT2D eigenvalue weighted by Gasteiger charge is -2.16. The first-order valence-electron chi connectivity index (χ1n) is 8.50. The van der Waals surface area contributed by atoms with Gasteiger partial charge in [0.15, 0.2) is 0 Å². The maximum atomic E-state index is 12.3. The fourth-order valence-electron chi connectivity index (χ4n) is 2.36. The highest BCUT2D eigenvalue weighted by atomic mass is 79.9. The van der Waals surface area contributed by atoms with E-state index in [4.69, 9.17) is 0 Å². The van der Waals surface area contributed by atoms with Crippen LogP contribution in [0.1, 0.15) is 19.8 Å². The highest BCUT2D eigenvalue weighted by molar-refractivity contribution is 9.10. The minimum absolute atomic E-state index is 0.130. The van der Waals surface area contributed by atoms with Crippen molar-refractivity contribution in [1.29, 1.82) is 0 Å². The quantitative estimate of drug-likeness (QED) is 0.570. The minimum Gasteiger partial charge on any atom is -0.374 e. The molecule has 7 heteroatoms. The molecule has 136 valence electrons. The molecule has 1 saturated carbocycles. The molecule has 1 aliphatic rings. The van der Waals surface area contributed by atoms with E-state index in [0.29, 0.717) is 11.7 Å². The first kappa shape index (κ1) is 18.3. The number of halogens is 1. The van der Waals surface area contributed by atoms with Crippen LogP contribution in [0.15, 0.2) is 53.0 Å². The second-order valence-corrected chi connectivity index (χ2v) is 7.23. The van der Waals surface area contributed by atoms with Crippen molar-refractivity contribution in [3.05, 3.63) is 53.0 Å². The third kappa shape index (κ3) is 5.49. The number of benzene rings is 2. The van der Waals surface area contributed by atoms with Gasteiger partial charge in [-0.05, 0) is 62.2 Å². The number of rotatable bonds is 6. The maximum Gasteiger partial charge on any atom is 0.319 e. The summed E-state index contributed by atoms with van der Waals surface area (Å²) >= 11 is 3.38. The largest absolute Gasteiger partial charge is 0.374 e. The third-order valence-electron chi connectivity index (χ3n) is 3.92. The van der Waals surface area contributed by atoms with Crippen molar-refractivity contribution < 1.29 is 9.59 Å². The highest BCUT2D eigenvalue weighted by Gasteiger charge is 2.23. The molecule has 0 bridgehead atoms. The summed E-state index contributed by atoms with van der Waals surface area (Å²) in [4.78, 5) is 24.0. The molecular weight excluding hydrogens is 396 g/mol. The van der Waals surface area contributed by atoms with Crippen LogP contribution in [0.4, 0.5) is 21.9 Å². The molecule has 1 unspecified atom stereocenters. The molecule has 26 heavy (non-hydrogen) atoms. The van der Waals surface area contributed by atoms with Crippen LogP contribution >= 0.6 is 15.9 Å². The maximum absolute atomic E-state index is 12.3. The van der Waals surface area contributed by atoms with Gasteiger partial charge < -0.3 is 21.3 Å². The van der Waals surface area contributed by atoms with Crippen molar-refractivity contribution in [1.82, 2.24) is 5.32 Å². The number of carbonyl (C=O) groups excluding carboxylic acids is 2. The average Bonchev–Trinajstić information content (AvgIpc) is 3.40. The Morgan fingerprint density at radius 2 is 1.69 bits per heavy atom.